The number of thiophene rings is 1. The standard InChI is InChI=1S/C21H20N2O4S/c1-12(2)14-5-7-15(8-6-14)19(24)23-17-10-18(20(25)26)28-21(17)27-16-9-4-13(3)22-11-16/h4-12H,1-3H3,(H,23,24)(H,25,26). The van der Waals surface area contributed by atoms with E-state index in [4.69, 9.17) is 4.74 Å². The van der Waals surface area contributed by atoms with Crippen LogP contribution in [0.4, 0.5) is 5.69 Å². The fourth-order valence-corrected chi connectivity index (χ4v) is 3.30. The van der Waals surface area contributed by atoms with Crippen molar-refractivity contribution in [2.24, 2.45) is 0 Å². The summed E-state index contributed by atoms with van der Waals surface area (Å²) in [6.07, 6.45) is 1.55. The highest BCUT2D eigenvalue weighted by Gasteiger charge is 2.18. The number of hydrogen-bond donors (Lipinski definition) is 2. The zero-order valence-electron chi connectivity index (χ0n) is 15.7. The quantitative estimate of drug-likeness (QED) is 0.589. The largest absolute Gasteiger partial charge is 0.477 e. The third-order valence-electron chi connectivity index (χ3n) is 4.09. The average Bonchev–Trinajstić information content (AvgIpc) is 3.06. The van der Waals surface area contributed by atoms with Crippen molar-refractivity contribution >= 4 is 28.9 Å². The second-order valence-electron chi connectivity index (χ2n) is 6.59. The Bertz CT molecular complexity index is 992. The summed E-state index contributed by atoms with van der Waals surface area (Å²) >= 11 is 0.946. The number of carbonyl (C=O) groups excluding carboxylic acids is 1. The molecule has 0 radical (unpaired) electrons. The van der Waals surface area contributed by atoms with Crippen LogP contribution in [0.15, 0.2) is 48.7 Å². The highest BCUT2D eigenvalue weighted by Crippen LogP contribution is 2.38. The molecule has 0 spiro atoms. The Morgan fingerprint density at radius 2 is 1.86 bits per heavy atom. The van der Waals surface area contributed by atoms with Crippen molar-refractivity contribution in [3.05, 3.63) is 70.4 Å². The fraction of sp³-hybridized carbons (Fsp3) is 0.190. The Kier molecular flexibility index (Phi) is 5.75. The van der Waals surface area contributed by atoms with Crippen LogP contribution < -0.4 is 10.1 Å². The van der Waals surface area contributed by atoms with Gasteiger partial charge in [0.15, 0.2) is 0 Å². The number of anilines is 1. The molecule has 3 aromatic rings. The molecule has 0 aliphatic heterocycles. The Hall–Kier alpha value is -3.19. The van der Waals surface area contributed by atoms with E-state index in [0.29, 0.717) is 22.9 Å². The highest BCUT2D eigenvalue weighted by atomic mass is 32.1. The van der Waals surface area contributed by atoms with E-state index in [-0.39, 0.29) is 15.8 Å². The van der Waals surface area contributed by atoms with Crippen molar-refractivity contribution in [1.82, 2.24) is 4.98 Å². The average molecular weight is 396 g/mol. The van der Waals surface area contributed by atoms with E-state index in [1.807, 2.05) is 19.1 Å². The second kappa shape index (κ2) is 8.22. The van der Waals surface area contributed by atoms with Crippen LogP contribution in [0.3, 0.4) is 0 Å². The molecule has 2 aromatic heterocycles. The summed E-state index contributed by atoms with van der Waals surface area (Å²) < 4.78 is 5.76. The van der Waals surface area contributed by atoms with Gasteiger partial charge in [-0.2, -0.15) is 0 Å². The molecule has 2 heterocycles. The monoisotopic (exact) mass is 396 g/mol. The SMILES string of the molecule is Cc1ccc(Oc2sc(C(=O)O)cc2NC(=O)c2ccc(C(C)C)cc2)cn1. The van der Waals surface area contributed by atoms with Crippen molar-refractivity contribution in [3.8, 4) is 10.8 Å². The zero-order valence-corrected chi connectivity index (χ0v) is 16.5. The Labute approximate surface area is 166 Å². The molecule has 1 aromatic carbocycles. The van der Waals surface area contributed by atoms with Gasteiger partial charge in [0.1, 0.15) is 10.6 Å². The molecule has 2 N–H and O–H groups in total. The van der Waals surface area contributed by atoms with E-state index < -0.39 is 5.97 Å². The molecular weight excluding hydrogens is 376 g/mol. The normalized spacial score (nSPS) is 10.7. The lowest BCUT2D eigenvalue weighted by molar-refractivity contribution is 0.0701. The summed E-state index contributed by atoms with van der Waals surface area (Å²) in [5.74, 6) is -0.591. The van der Waals surface area contributed by atoms with E-state index in [0.717, 1.165) is 22.6 Å². The molecular formula is C21H20N2O4S. The molecule has 0 atom stereocenters. The number of rotatable bonds is 6. The number of carboxylic acids is 1. The minimum Gasteiger partial charge on any atom is -0.477 e. The second-order valence-corrected chi connectivity index (χ2v) is 7.60. The van der Waals surface area contributed by atoms with Gasteiger partial charge in [-0.1, -0.05) is 37.3 Å². The van der Waals surface area contributed by atoms with Crippen LogP contribution in [0.5, 0.6) is 10.8 Å². The maximum absolute atomic E-state index is 12.6. The molecule has 3 rings (SSSR count). The highest BCUT2D eigenvalue weighted by molar-refractivity contribution is 7.16. The van der Waals surface area contributed by atoms with Crippen LogP contribution in [-0.2, 0) is 0 Å². The number of nitrogens with one attached hydrogen (secondary N) is 1. The zero-order chi connectivity index (χ0) is 20.3. The van der Waals surface area contributed by atoms with Crippen LogP contribution in [-0.4, -0.2) is 22.0 Å². The van der Waals surface area contributed by atoms with Crippen molar-refractivity contribution in [2.45, 2.75) is 26.7 Å². The summed E-state index contributed by atoms with van der Waals surface area (Å²) in [7, 11) is 0. The van der Waals surface area contributed by atoms with Crippen molar-refractivity contribution in [1.29, 1.82) is 0 Å². The molecule has 1 amide bonds. The van der Waals surface area contributed by atoms with Gasteiger partial charge in [0.05, 0.1) is 11.9 Å². The van der Waals surface area contributed by atoms with Gasteiger partial charge in [-0.05, 0) is 48.7 Å². The fourth-order valence-electron chi connectivity index (χ4n) is 2.48. The molecule has 6 nitrogen and oxygen atoms in total. The van der Waals surface area contributed by atoms with Gasteiger partial charge < -0.3 is 15.2 Å². The topological polar surface area (TPSA) is 88.5 Å². The smallest absolute Gasteiger partial charge is 0.346 e. The Morgan fingerprint density at radius 3 is 2.43 bits per heavy atom. The van der Waals surface area contributed by atoms with Crippen LogP contribution in [0.25, 0.3) is 0 Å². The van der Waals surface area contributed by atoms with E-state index in [9.17, 15) is 14.7 Å². The van der Waals surface area contributed by atoms with Crippen LogP contribution in [0.1, 0.15) is 51.1 Å². The van der Waals surface area contributed by atoms with Crippen molar-refractivity contribution < 1.29 is 19.4 Å². The minimum absolute atomic E-state index is 0.0699. The van der Waals surface area contributed by atoms with Gasteiger partial charge in [0.25, 0.3) is 5.91 Å². The Morgan fingerprint density at radius 1 is 1.14 bits per heavy atom. The molecule has 0 unspecified atom stereocenters. The van der Waals surface area contributed by atoms with Gasteiger partial charge in [-0.25, -0.2) is 4.79 Å². The number of ether oxygens (including phenoxy) is 1. The number of pyridine rings is 1. The number of nitrogens with zero attached hydrogens (tertiary/aromatic N) is 1. The molecule has 0 aliphatic carbocycles. The molecule has 0 saturated heterocycles. The van der Waals surface area contributed by atoms with E-state index in [1.54, 1.807) is 30.5 Å². The van der Waals surface area contributed by atoms with Gasteiger partial charge in [0.2, 0.25) is 5.06 Å². The molecule has 144 valence electrons. The number of aromatic carboxylic acids is 1. The van der Waals surface area contributed by atoms with Crippen molar-refractivity contribution in [2.75, 3.05) is 5.32 Å². The summed E-state index contributed by atoms with van der Waals surface area (Å²) in [6, 6.07) is 12.2. The van der Waals surface area contributed by atoms with E-state index >= 15 is 0 Å². The first kappa shape index (κ1) is 19.6. The van der Waals surface area contributed by atoms with Gasteiger partial charge in [0, 0.05) is 11.3 Å². The number of hydrogen-bond acceptors (Lipinski definition) is 5. The first-order valence-corrected chi connectivity index (χ1v) is 9.54. The molecule has 28 heavy (non-hydrogen) atoms. The summed E-state index contributed by atoms with van der Waals surface area (Å²) in [5.41, 5.74) is 2.76. The third-order valence-corrected chi connectivity index (χ3v) is 5.09. The first-order valence-electron chi connectivity index (χ1n) is 8.72. The van der Waals surface area contributed by atoms with Crippen LogP contribution in [0, 0.1) is 6.92 Å². The number of carboxylic acid groups (broad SMARTS) is 1. The molecule has 0 aliphatic rings. The predicted octanol–water partition coefficient (Wildman–Crippen LogP) is 5.32. The van der Waals surface area contributed by atoms with Gasteiger partial charge in [-0.3, -0.25) is 9.78 Å². The number of carbonyl (C=O) groups is 2. The maximum atomic E-state index is 12.6. The third kappa shape index (κ3) is 4.55. The molecule has 0 bridgehead atoms. The maximum Gasteiger partial charge on any atom is 0.346 e. The van der Waals surface area contributed by atoms with Crippen LogP contribution in [0.2, 0.25) is 0 Å². The predicted molar refractivity (Wildman–Crippen MR) is 109 cm³/mol. The lowest BCUT2D eigenvalue weighted by Gasteiger charge is -2.09. The lowest BCUT2D eigenvalue weighted by atomic mass is 10.0. The number of amides is 1. The van der Waals surface area contributed by atoms with E-state index in [1.165, 1.54) is 6.07 Å². The first-order chi connectivity index (χ1) is 13.3. The van der Waals surface area contributed by atoms with Gasteiger partial charge in [-0.15, -0.1) is 0 Å². The lowest BCUT2D eigenvalue weighted by Crippen LogP contribution is -2.12. The summed E-state index contributed by atoms with van der Waals surface area (Å²) in [5, 5.41) is 12.3. The molecule has 0 fully saturated rings. The number of aromatic nitrogens is 1. The minimum atomic E-state index is -1.08. The van der Waals surface area contributed by atoms with Crippen molar-refractivity contribution in [3.63, 3.8) is 0 Å². The number of benzene rings is 1. The van der Waals surface area contributed by atoms with Crippen LogP contribution >= 0.6 is 11.3 Å². The summed E-state index contributed by atoms with van der Waals surface area (Å²) in [4.78, 5) is 28.2. The molecule has 7 heteroatoms. The summed E-state index contributed by atoms with van der Waals surface area (Å²) in [6.45, 7) is 6.02. The van der Waals surface area contributed by atoms with E-state index in [2.05, 4.69) is 24.1 Å². The molecule has 0 saturated carbocycles. The Balaban J connectivity index is 1.84. The van der Waals surface area contributed by atoms with Gasteiger partial charge >= 0.3 is 5.97 Å². The number of aryl methyl sites for hydroxylation is 1.